The number of aliphatic imine (C=N–C) groups is 1. The summed E-state index contributed by atoms with van der Waals surface area (Å²) in [5, 5.41) is 10.8. The Bertz CT molecular complexity index is 933. The Morgan fingerprint density at radius 1 is 1.28 bits per heavy atom. The molecule has 0 aliphatic carbocycles. The highest BCUT2D eigenvalue weighted by molar-refractivity contribution is 8.18. The summed E-state index contributed by atoms with van der Waals surface area (Å²) in [5.41, 5.74) is 0.488. The first kappa shape index (κ1) is 20.8. The topological polar surface area (TPSA) is 104 Å². The molecule has 1 amide bonds. The molecule has 2 heterocycles. The number of aliphatic hydroxyl groups excluding tert-OH is 1. The van der Waals surface area contributed by atoms with Gasteiger partial charge in [-0.3, -0.25) is 4.79 Å². The SMILES string of the molecule is CCCC(=O)N=C1S/C(=C\c2cc3c(cc2OC)OCO3)C(O)=C1C(=O)OCC. The lowest BCUT2D eigenvalue weighted by Crippen LogP contribution is -2.14. The second-order valence-corrected chi connectivity index (χ2v) is 7.09. The summed E-state index contributed by atoms with van der Waals surface area (Å²) in [4.78, 5) is 28.7. The van der Waals surface area contributed by atoms with Crippen molar-refractivity contribution < 1.29 is 33.6 Å². The molecule has 154 valence electrons. The molecule has 0 atom stereocenters. The van der Waals surface area contributed by atoms with Crippen molar-refractivity contribution in [2.24, 2.45) is 4.99 Å². The molecule has 2 aliphatic heterocycles. The predicted molar refractivity (Wildman–Crippen MR) is 108 cm³/mol. The standard InChI is InChI=1S/C20H21NO7S/c1-4-6-16(22)21-19-17(20(24)26-5-2)18(23)15(29-19)8-11-7-13-14(28-10-27-13)9-12(11)25-3/h7-9,23H,4-6,10H2,1-3H3/b15-8-,21-19?. The summed E-state index contributed by atoms with van der Waals surface area (Å²) in [6, 6.07) is 3.39. The van der Waals surface area contributed by atoms with Crippen LogP contribution in [0.5, 0.6) is 17.2 Å². The molecule has 2 aliphatic rings. The Morgan fingerprint density at radius 2 is 2.00 bits per heavy atom. The number of rotatable bonds is 6. The van der Waals surface area contributed by atoms with Crippen molar-refractivity contribution in [2.75, 3.05) is 20.5 Å². The maximum absolute atomic E-state index is 12.3. The average Bonchev–Trinajstić information content (AvgIpc) is 3.25. The number of hydrogen-bond donors (Lipinski definition) is 1. The Kier molecular flexibility index (Phi) is 6.48. The van der Waals surface area contributed by atoms with Gasteiger partial charge < -0.3 is 24.1 Å². The number of fused-ring (bicyclic) bond motifs is 1. The maximum atomic E-state index is 12.3. The van der Waals surface area contributed by atoms with Crippen molar-refractivity contribution in [3.63, 3.8) is 0 Å². The minimum atomic E-state index is -0.735. The normalized spacial score (nSPS) is 17.9. The van der Waals surface area contributed by atoms with Crippen LogP contribution in [0.4, 0.5) is 0 Å². The van der Waals surface area contributed by atoms with Gasteiger partial charge in [0.15, 0.2) is 11.5 Å². The van der Waals surface area contributed by atoms with Crippen LogP contribution >= 0.6 is 11.8 Å². The number of aliphatic hydroxyl groups is 1. The fourth-order valence-electron chi connectivity index (χ4n) is 2.74. The van der Waals surface area contributed by atoms with Gasteiger partial charge in [-0.2, -0.15) is 0 Å². The monoisotopic (exact) mass is 419 g/mol. The molecule has 3 rings (SSSR count). The number of ether oxygens (including phenoxy) is 4. The van der Waals surface area contributed by atoms with Gasteiger partial charge in [0.2, 0.25) is 12.7 Å². The summed E-state index contributed by atoms with van der Waals surface area (Å²) >= 11 is 1.02. The Hall–Kier alpha value is -2.94. The van der Waals surface area contributed by atoms with Crippen molar-refractivity contribution in [1.82, 2.24) is 0 Å². The minimum absolute atomic E-state index is 0.113. The van der Waals surface area contributed by atoms with Gasteiger partial charge in [0.25, 0.3) is 0 Å². The lowest BCUT2D eigenvalue weighted by atomic mass is 10.1. The molecular formula is C20H21NO7S. The second kappa shape index (κ2) is 9.04. The van der Waals surface area contributed by atoms with Crippen molar-refractivity contribution in [3.8, 4) is 17.2 Å². The van der Waals surface area contributed by atoms with Crippen molar-refractivity contribution in [1.29, 1.82) is 0 Å². The molecule has 0 saturated heterocycles. The van der Waals surface area contributed by atoms with Crippen LogP contribution in [0.25, 0.3) is 6.08 Å². The van der Waals surface area contributed by atoms with E-state index in [1.54, 1.807) is 25.1 Å². The van der Waals surface area contributed by atoms with E-state index in [2.05, 4.69) is 4.99 Å². The summed E-state index contributed by atoms with van der Waals surface area (Å²) in [6.07, 6.45) is 2.50. The zero-order valence-corrected chi connectivity index (χ0v) is 17.1. The lowest BCUT2D eigenvalue weighted by molar-refractivity contribution is -0.138. The van der Waals surface area contributed by atoms with Crippen molar-refractivity contribution >= 4 is 34.8 Å². The first-order valence-electron chi connectivity index (χ1n) is 9.08. The van der Waals surface area contributed by atoms with E-state index in [1.807, 2.05) is 6.92 Å². The number of hydrogen-bond acceptors (Lipinski definition) is 8. The van der Waals surface area contributed by atoms with Gasteiger partial charge in [0.05, 0.1) is 18.6 Å². The first-order valence-corrected chi connectivity index (χ1v) is 9.89. The summed E-state index contributed by atoms with van der Waals surface area (Å²) in [6.45, 7) is 3.76. The van der Waals surface area contributed by atoms with Crippen molar-refractivity contribution in [3.05, 3.63) is 33.9 Å². The smallest absolute Gasteiger partial charge is 0.344 e. The molecule has 0 radical (unpaired) electrons. The lowest BCUT2D eigenvalue weighted by Gasteiger charge is -2.07. The third-order valence-corrected chi connectivity index (χ3v) is 5.09. The Labute approximate surface area is 172 Å². The third-order valence-electron chi connectivity index (χ3n) is 4.07. The van der Waals surface area contributed by atoms with Crippen LogP contribution in [0.1, 0.15) is 32.3 Å². The average molecular weight is 419 g/mol. The van der Waals surface area contributed by atoms with Gasteiger partial charge in [0, 0.05) is 18.1 Å². The molecule has 1 aromatic rings. The predicted octanol–water partition coefficient (Wildman–Crippen LogP) is 3.61. The number of esters is 1. The van der Waals surface area contributed by atoms with E-state index in [0.717, 1.165) is 11.8 Å². The number of methoxy groups -OCH3 is 1. The Morgan fingerprint density at radius 3 is 2.66 bits per heavy atom. The second-order valence-electron chi connectivity index (χ2n) is 6.06. The van der Waals surface area contributed by atoms with Gasteiger partial charge in [-0.25, -0.2) is 9.79 Å². The van der Waals surface area contributed by atoms with E-state index in [0.29, 0.717) is 34.1 Å². The number of thioether (sulfide) groups is 1. The van der Waals surface area contributed by atoms with Crippen LogP contribution < -0.4 is 14.2 Å². The van der Waals surface area contributed by atoms with Crippen LogP contribution in [0.3, 0.4) is 0 Å². The van der Waals surface area contributed by atoms with E-state index in [-0.39, 0.29) is 42.1 Å². The van der Waals surface area contributed by atoms with Crippen LogP contribution in [-0.4, -0.2) is 42.5 Å². The zero-order chi connectivity index (χ0) is 21.0. The fraction of sp³-hybridized carbons (Fsp3) is 0.350. The highest BCUT2D eigenvalue weighted by Crippen LogP contribution is 2.43. The van der Waals surface area contributed by atoms with E-state index in [9.17, 15) is 14.7 Å². The maximum Gasteiger partial charge on any atom is 0.344 e. The Balaban J connectivity index is 2.04. The van der Waals surface area contributed by atoms with Gasteiger partial charge >= 0.3 is 5.97 Å². The molecule has 1 N–H and O–H groups in total. The number of nitrogens with zero attached hydrogens (tertiary/aromatic N) is 1. The summed E-state index contributed by atoms with van der Waals surface area (Å²) in [5.74, 6) is 0.203. The first-order chi connectivity index (χ1) is 14.0. The molecule has 0 fully saturated rings. The molecule has 0 saturated carbocycles. The van der Waals surface area contributed by atoms with Crippen molar-refractivity contribution in [2.45, 2.75) is 26.7 Å². The van der Waals surface area contributed by atoms with Gasteiger partial charge in [-0.05, 0) is 25.5 Å². The van der Waals surface area contributed by atoms with Gasteiger partial charge in [0.1, 0.15) is 22.1 Å². The molecule has 0 aromatic heterocycles. The molecular weight excluding hydrogens is 398 g/mol. The minimum Gasteiger partial charge on any atom is -0.506 e. The van der Waals surface area contributed by atoms with Crippen LogP contribution in [0.15, 0.2) is 33.4 Å². The summed E-state index contributed by atoms with van der Waals surface area (Å²) < 4.78 is 21.1. The largest absolute Gasteiger partial charge is 0.506 e. The number of amides is 1. The van der Waals surface area contributed by atoms with Crippen LogP contribution in [0, 0.1) is 0 Å². The number of carbonyl (C=O) groups is 2. The molecule has 0 unspecified atom stereocenters. The highest BCUT2D eigenvalue weighted by Gasteiger charge is 2.34. The summed E-state index contributed by atoms with van der Waals surface area (Å²) in [7, 11) is 1.51. The number of carbonyl (C=O) groups excluding carboxylic acids is 2. The molecule has 0 bridgehead atoms. The van der Waals surface area contributed by atoms with E-state index >= 15 is 0 Å². The zero-order valence-electron chi connectivity index (χ0n) is 16.3. The number of benzene rings is 1. The van der Waals surface area contributed by atoms with Gasteiger partial charge in [-0.15, -0.1) is 0 Å². The fourth-order valence-corrected chi connectivity index (χ4v) is 3.77. The highest BCUT2D eigenvalue weighted by atomic mass is 32.2. The molecule has 0 spiro atoms. The van der Waals surface area contributed by atoms with Gasteiger partial charge in [-0.1, -0.05) is 18.7 Å². The molecule has 1 aromatic carbocycles. The van der Waals surface area contributed by atoms with E-state index in [4.69, 9.17) is 18.9 Å². The quantitative estimate of drug-likeness (QED) is 0.698. The van der Waals surface area contributed by atoms with Crippen LogP contribution in [-0.2, 0) is 14.3 Å². The van der Waals surface area contributed by atoms with E-state index in [1.165, 1.54) is 7.11 Å². The van der Waals surface area contributed by atoms with E-state index < -0.39 is 5.97 Å². The molecule has 9 heteroatoms. The molecule has 8 nitrogen and oxygen atoms in total. The third kappa shape index (κ3) is 4.40. The van der Waals surface area contributed by atoms with Crippen LogP contribution in [0.2, 0.25) is 0 Å². The molecule has 29 heavy (non-hydrogen) atoms.